The van der Waals surface area contributed by atoms with E-state index in [0.717, 1.165) is 37.0 Å². The van der Waals surface area contributed by atoms with Gasteiger partial charge in [-0.3, -0.25) is 0 Å². The fourth-order valence-corrected chi connectivity index (χ4v) is 3.74. The van der Waals surface area contributed by atoms with E-state index in [9.17, 15) is 5.11 Å². The summed E-state index contributed by atoms with van der Waals surface area (Å²) < 4.78 is 0. The first-order valence-corrected chi connectivity index (χ1v) is 8.06. The van der Waals surface area contributed by atoms with Crippen molar-refractivity contribution in [1.82, 2.24) is 4.90 Å². The van der Waals surface area contributed by atoms with E-state index in [4.69, 9.17) is 23.2 Å². The third-order valence-corrected chi connectivity index (χ3v) is 4.55. The first-order chi connectivity index (χ1) is 9.45. The minimum Gasteiger partial charge on any atom is -0.388 e. The molecule has 0 radical (unpaired) electrons. The lowest BCUT2D eigenvalue weighted by molar-refractivity contribution is 0.103. The lowest BCUT2D eigenvalue weighted by Gasteiger charge is -2.35. The van der Waals surface area contributed by atoms with Crippen molar-refractivity contribution in [3.63, 3.8) is 0 Å². The van der Waals surface area contributed by atoms with Crippen LogP contribution < -0.4 is 0 Å². The number of halogens is 2. The van der Waals surface area contributed by atoms with Crippen molar-refractivity contribution < 1.29 is 5.11 Å². The zero-order valence-electron chi connectivity index (χ0n) is 12.1. The summed E-state index contributed by atoms with van der Waals surface area (Å²) in [6.07, 6.45) is 1.50. The van der Waals surface area contributed by atoms with Crippen molar-refractivity contribution in [1.29, 1.82) is 0 Å². The Morgan fingerprint density at radius 3 is 2.50 bits per heavy atom. The van der Waals surface area contributed by atoms with E-state index in [2.05, 4.69) is 18.7 Å². The summed E-state index contributed by atoms with van der Waals surface area (Å²) in [4.78, 5) is 2.45. The third kappa shape index (κ3) is 4.36. The molecule has 0 aromatic heterocycles. The SMILES string of the molecule is CC1CC(C)CN(CCC(O)c2ccc(Cl)cc2Cl)C1. The van der Waals surface area contributed by atoms with Crippen LogP contribution >= 0.6 is 23.2 Å². The summed E-state index contributed by atoms with van der Waals surface area (Å²) in [5.74, 6) is 1.49. The number of nitrogens with zero attached hydrogens (tertiary/aromatic N) is 1. The zero-order valence-corrected chi connectivity index (χ0v) is 13.7. The van der Waals surface area contributed by atoms with Crippen molar-refractivity contribution in [3.8, 4) is 0 Å². The lowest BCUT2D eigenvalue weighted by atomic mass is 9.91. The summed E-state index contributed by atoms with van der Waals surface area (Å²) >= 11 is 12.0. The molecular formula is C16H23Cl2NO. The molecule has 0 spiro atoms. The first-order valence-electron chi connectivity index (χ1n) is 7.31. The van der Waals surface area contributed by atoms with E-state index in [0.29, 0.717) is 16.5 Å². The Kier molecular flexibility index (Phi) is 5.74. The van der Waals surface area contributed by atoms with Gasteiger partial charge in [0.25, 0.3) is 0 Å². The fourth-order valence-electron chi connectivity index (χ4n) is 3.21. The molecule has 1 aromatic rings. The van der Waals surface area contributed by atoms with Gasteiger partial charge in [-0.25, -0.2) is 0 Å². The number of hydrogen-bond acceptors (Lipinski definition) is 2. The number of likely N-dealkylation sites (tertiary alicyclic amines) is 1. The summed E-state index contributed by atoms with van der Waals surface area (Å²) in [5.41, 5.74) is 0.772. The number of benzene rings is 1. The monoisotopic (exact) mass is 315 g/mol. The van der Waals surface area contributed by atoms with E-state index < -0.39 is 6.10 Å². The number of aliphatic hydroxyl groups excluding tert-OH is 1. The Labute approximate surface area is 131 Å². The lowest BCUT2D eigenvalue weighted by Crippen LogP contribution is -2.39. The Bertz CT molecular complexity index is 442. The molecule has 1 fully saturated rings. The molecule has 3 atom stereocenters. The predicted octanol–water partition coefficient (Wildman–Crippen LogP) is 4.39. The highest BCUT2D eigenvalue weighted by Crippen LogP contribution is 2.29. The quantitative estimate of drug-likeness (QED) is 0.890. The van der Waals surface area contributed by atoms with Gasteiger partial charge in [0.15, 0.2) is 0 Å². The van der Waals surface area contributed by atoms with Gasteiger partial charge in [0.2, 0.25) is 0 Å². The molecule has 1 saturated heterocycles. The van der Waals surface area contributed by atoms with E-state index in [1.165, 1.54) is 6.42 Å². The van der Waals surface area contributed by atoms with Gasteiger partial charge >= 0.3 is 0 Å². The second kappa shape index (κ2) is 7.13. The summed E-state index contributed by atoms with van der Waals surface area (Å²) in [6, 6.07) is 5.28. The highest BCUT2D eigenvalue weighted by atomic mass is 35.5. The number of aliphatic hydroxyl groups is 1. The molecule has 1 aliphatic rings. The van der Waals surface area contributed by atoms with Crippen molar-refractivity contribution >= 4 is 23.2 Å². The molecule has 1 heterocycles. The Balaban J connectivity index is 1.90. The Morgan fingerprint density at radius 1 is 1.25 bits per heavy atom. The fraction of sp³-hybridized carbons (Fsp3) is 0.625. The van der Waals surface area contributed by atoms with Gasteiger partial charge in [-0.15, -0.1) is 0 Å². The van der Waals surface area contributed by atoms with Crippen LogP contribution in [-0.4, -0.2) is 29.6 Å². The molecule has 3 unspecified atom stereocenters. The van der Waals surface area contributed by atoms with Gasteiger partial charge < -0.3 is 10.0 Å². The molecule has 112 valence electrons. The maximum atomic E-state index is 10.3. The molecular weight excluding hydrogens is 293 g/mol. The van der Waals surface area contributed by atoms with E-state index in [1.807, 2.05) is 6.07 Å². The van der Waals surface area contributed by atoms with Crippen LogP contribution in [0.4, 0.5) is 0 Å². The highest BCUT2D eigenvalue weighted by molar-refractivity contribution is 6.35. The maximum absolute atomic E-state index is 10.3. The number of hydrogen-bond donors (Lipinski definition) is 1. The number of piperidine rings is 1. The number of rotatable bonds is 4. The van der Waals surface area contributed by atoms with Crippen LogP contribution in [0.3, 0.4) is 0 Å². The standard InChI is InChI=1S/C16H23Cl2NO/c1-11-7-12(2)10-19(9-11)6-5-16(20)14-4-3-13(17)8-15(14)18/h3-4,8,11-12,16,20H,5-7,9-10H2,1-2H3. The largest absolute Gasteiger partial charge is 0.388 e. The van der Waals surface area contributed by atoms with Crippen LogP contribution in [-0.2, 0) is 0 Å². The molecule has 0 aliphatic carbocycles. The normalized spacial score (nSPS) is 25.6. The summed E-state index contributed by atoms with van der Waals surface area (Å²) in [6.45, 7) is 7.77. The van der Waals surface area contributed by atoms with Gasteiger partial charge in [-0.05, 0) is 42.4 Å². The van der Waals surface area contributed by atoms with Crippen LogP contribution in [0.15, 0.2) is 18.2 Å². The van der Waals surface area contributed by atoms with E-state index in [-0.39, 0.29) is 0 Å². The molecule has 1 aliphatic heterocycles. The van der Waals surface area contributed by atoms with Gasteiger partial charge in [-0.2, -0.15) is 0 Å². The molecule has 2 rings (SSSR count). The average molecular weight is 316 g/mol. The van der Waals surface area contributed by atoms with Crippen molar-refractivity contribution in [2.24, 2.45) is 11.8 Å². The first kappa shape index (κ1) is 16.1. The van der Waals surface area contributed by atoms with Crippen LogP contribution in [0.25, 0.3) is 0 Å². The van der Waals surface area contributed by atoms with Gasteiger partial charge in [-0.1, -0.05) is 43.1 Å². The molecule has 1 aromatic carbocycles. The van der Waals surface area contributed by atoms with Gasteiger partial charge in [0.05, 0.1) is 6.10 Å². The van der Waals surface area contributed by atoms with Crippen molar-refractivity contribution in [2.75, 3.05) is 19.6 Å². The Morgan fingerprint density at radius 2 is 1.90 bits per heavy atom. The van der Waals surface area contributed by atoms with Crippen LogP contribution in [0.5, 0.6) is 0 Å². The van der Waals surface area contributed by atoms with E-state index in [1.54, 1.807) is 12.1 Å². The average Bonchev–Trinajstić information content (AvgIpc) is 2.35. The molecule has 1 N–H and O–H groups in total. The molecule has 0 amide bonds. The Hall–Kier alpha value is -0.280. The minimum absolute atomic E-state index is 0.521. The predicted molar refractivity (Wildman–Crippen MR) is 85.4 cm³/mol. The third-order valence-electron chi connectivity index (χ3n) is 3.98. The van der Waals surface area contributed by atoms with Crippen LogP contribution in [0.2, 0.25) is 10.0 Å². The summed E-state index contributed by atoms with van der Waals surface area (Å²) in [5, 5.41) is 11.4. The molecule has 2 nitrogen and oxygen atoms in total. The smallest absolute Gasteiger partial charge is 0.0816 e. The molecule has 4 heteroatoms. The topological polar surface area (TPSA) is 23.5 Å². The molecule has 20 heavy (non-hydrogen) atoms. The second-order valence-corrected chi connectivity index (χ2v) is 7.02. The molecule has 0 bridgehead atoms. The van der Waals surface area contributed by atoms with Crippen LogP contribution in [0, 0.1) is 11.8 Å². The van der Waals surface area contributed by atoms with E-state index >= 15 is 0 Å². The highest BCUT2D eigenvalue weighted by Gasteiger charge is 2.22. The van der Waals surface area contributed by atoms with Gasteiger partial charge in [0.1, 0.15) is 0 Å². The van der Waals surface area contributed by atoms with Gasteiger partial charge in [0, 0.05) is 29.7 Å². The summed E-state index contributed by atoms with van der Waals surface area (Å²) in [7, 11) is 0. The second-order valence-electron chi connectivity index (χ2n) is 6.18. The van der Waals surface area contributed by atoms with Crippen molar-refractivity contribution in [2.45, 2.75) is 32.8 Å². The van der Waals surface area contributed by atoms with Crippen molar-refractivity contribution in [3.05, 3.63) is 33.8 Å². The molecule has 0 saturated carbocycles. The minimum atomic E-state index is -0.521. The zero-order chi connectivity index (χ0) is 14.7. The van der Waals surface area contributed by atoms with Crippen LogP contribution in [0.1, 0.15) is 38.4 Å². The maximum Gasteiger partial charge on any atom is 0.0816 e.